The van der Waals surface area contributed by atoms with E-state index in [0.29, 0.717) is 11.7 Å². The lowest BCUT2D eigenvalue weighted by Crippen LogP contribution is -2.50. The van der Waals surface area contributed by atoms with Crippen LogP contribution in [0.4, 0.5) is 4.79 Å². The minimum atomic E-state index is -0.972. The zero-order chi connectivity index (χ0) is 15.0. The highest BCUT2D eigenvalue weighted by Crippen LogP contribution is 2.29. The lowest BCUT2D eigenvalue weighted by atomic mass is 10.2. The van der Waals surface area contributed by atoms with Crippen LogP contribution in [0.3, 0.4) is 0 Å². The van der Waals surface area contributed by atoms with Gasteiger partial charge < -0.3 is 15.7 Å². The molecule has 1 fully saturated rings. The van der Waals surface area contributed by atoms with E-state index in [2.05, 4.69) is 17.6 Å². The standard InChI is InChI=1S/C13H24N2O3S2/c1-3-20-11-6-4-5-9(11)14-13(18)15-10(12(16)17)7-8-19-2/h9-11H,3-8H2,1-2H3,(H,16,17)(H2,14,15,18). The molecule has 5 nitrogen and oxygen atoms in total. The highest BCUT2D eigenvalue weighted by Gasteiger charge is 2.29. The van der Waals surface area contributed by atoms with Crippen LogP contribution in [0, 0.1) is 0 Å². The number of hydrogen-bond donors (Lipinski definition) is 3. The molecule has 3 N–H and O–H groups in total. The summed E-state index contributed by atoms with van der Waals surface area (Å²) in [5, 5.41) is 15.1. The van der Waals surface area contributed by atoms with Crippen LogP contribution in [0.2, 0.25) is 0 Å². The van der Waals surface area contributed by atoms with E-state index in [0.717, 1.165) is 30.8 Å². The Morgan fingerprint density at radius 2 is 2.15 bits per heavy atom. The predicted octanol–water partition coefficient (Wildman–Crippen LogP) is 2.17. The Hall–Kier alpha value is -0.560. The van der Waals surface area contributed by atoms with Crippen molar-refractivity contribution in [3.05, 3.63) is 0 Å². The fourth-order valence-corrected chi connectivity index (χ4v) is 4.04. The van der Waals surface area contributed by atoms with Gasteiger partial charge in [-0.2, -0.15) is 23.5 Å². The fraction of sp³-hybridized carbons (Fsp3) is 0.846. The number of hydrogen-bond acceptors (Lipinski definition) is 4. The minimum absolute atomic E-state index is 0.162. The lowest BCUT2D eigenvalue weighted by Gasteiger charge is -2.22. The maximum Gasteiger partial charge on any atom is 0.326 e. The molecule has 0 aromatic carbocycles. The van der Waals surface area contributed by atoms with Crippen LogP contribution in [0.25, 0.3) is 0 Å². The van der Waals surface area contributed by atoms with Crippen LogP contribution >= 0.6 is 23.5 Å². The molecule has 0 aliphatic heterocycles. The average molecular weight is 320 g/mol. The number of urea groups is 1. The molecule has 1 aliphatic carbocycles. The first-order valence-corrected chi connectivity index (χ1v) is 9.43. The van der Waals surface area contributed by atoms with Crippen molar-refractivity contribution in [3.8, 4) is 0 Å². The van der Waals surface area contributed by atoms with E-state index < -0.39 is 12.0 Å². The fourth-order valence-electron chi connectivity index (χ4n) is 2.37. The molecule has 116 valence electrons. The van der Waals surface area contributed by atoms with Gasteiger partial charge >= 0.3 is 12.0 Å². The maximum absolute atomic E-state index is 11.9. The zero-order valence-electron chi connectivity index (χ0n) is 12.1. The lowest BCUT2D eigenvalue weighted by molar-refractivity contribution is -0.139. The number of carboxylic acid groups (broad SMARTS) is 1. The van der Waals surface area contributed by atoms with Crippen LogP contribution in [0.5, 0.6) is 0 Å². The van der Waals surface area contributed by atoms with Crippen LogP contribution < -0.4 is 10.6 Å². The summed E-state index contributed by atoms with van der Waals surface area (Å²) in [4.78, 5) is 23.0. The molecule has 0 spiro atoms. The second kappa shape index (κ2) is 9.39. The Kier molecular flexibility index (Phi) is 8.21. The van der Waals surface area contributed by atoms with E-state index in [4.69, 9.17) is 5.11 Å². The van der Waals surface area contributed by atoms with Gasteiger partial charge in [0.2, 0.25) is 0 Å². The van der Waals surface area contributed by atoms with Crippen molar-refractivity contribution in [1.29, 1.82) is 0 Å². The first-order valence-electron chi connectivity index (χ1n) is 6.98. The number of carboxylic acids is 1. The van der Waals surface area contributed by atoms with Crippen LogP contribution in [-0.4, -0.2) is 52.2 Å². The Labute approximate surface area is 129 Å². The van der Waals surface area contributed by atoms with Gasteiger partial charge in [0.05, 0.1) is 0 Å². The van der Waals surface area contributed by atoms with Crippen molar-refractivity contribution in [1.82, 2.24) is 10.6 Å². The summed E-state index contributed by atoms with van der Waals surface area (Å²) >= 11 is 3.44. The van der Waals surface area contributed by atoms with E-state index in [9.17, 15) is 9.59 Å². The summed E-state index contributed by atoms with van der Waals surface area (Å²) in [5.41, 5.74) is 0. The first-order chi connectivity index (χ1) is 9.58. The summed E-state index contributed by atoms with van der Waals surface area (Å²) in [5.74, 6) is 0.783. The molecule has 20 heavy (non-hydrogen) atoms. The molecule has 2 amide bonds. The molecule has 1 saturated carbocycles. The summed E-state index contributed by atoms with van der Waals surface area (Å²) in [6.45, 7) is 2.11. The van der Waals surface area contributed by atoms with E-state index in [-0.39, 0.29) is 12.1 Å². The molecule has 0 heterocycles. The first kappa shape index (κ1) is 17.5. The minimum Gasteiger partial charge on any atom is -0.480 e. The maximum atomic E-state index is 11.9. The molecule has 3 atom stereocenters. The van der Waals surface area contributed by atoms with Gasteiger partial charge in [-0.05, 0) is 37.0 Å². The Bertz CT molecular complexity index is 329. The monoisotopic (exact) mass is 320 g/mol. The van der Waals surface area contributed by atoms with Gasteiger partial charge in [0.1, 0.15) is 6.04 Å². The Balaban J connectivity index is 2.42. The predicted molar refractivity (Wildman–Crippen MR) is 85.6 cm³/mol. The van der Waals surface area contributed by atoms with E-state index in [1.54, 1.807) is 11.8 Å². The smallest absolute Gasteiger partial charge is 0.326 e. The van der Waals surface area contributed by atoms with E-state index >= 15 is 0 Å². The number of thioether (sulfide) groups is 2. The van der Waals surface area contributed by atoms with Crippen LogP contribution in [0.1, 0.15) is 32.6 Å². The third kappa shape index (κ3) is 5.83. The molecular weight excluding hydrogens is 296 g/mol. The van der Waals surface area contributed by atoms with E-state index in [1.165, 1.54) is 0 Å². The average Bonchev–Trinajstić information content (AvgIpc) is 2.82. The summed E-state index contributed by atoms with van der Waals surface area (Å²) in [7, 11) is 0. The number of nitrogens with one attached hydrogen (secondary N) is 2. The number of carbonyl (C=O) groups is 2. The molecule has 1 rings (SSSR count). The zero-order valence-corrected chi connectivity index (χ0v) is 13.7. The normalized spacial score (nSPS) is 23.3. The molecule has 1 aliphatic rings. The van der Waals surface area contributed by atoms with Crippen LogP contribution in [0.15, 0.2) is 0 Å². The van der Waals surface area contributed by atoms with Crippen LogP contribution in [-0.2, 0) is 4.79 Å². The third-order valence-corrected chi connectivity index (χ3v) is 5.33. The summed E-state index contributed by atoms with van der Waals surface area (Å²) in [6.07, 6.45) is 5.59. The molecular formula is C13H24N2O3S2. The molecule has 0 aromatic heterocycles. The van der Waals surface area contributed by atoms with Crippen molar-refractivity contribution >= 4 is 35.5 Å². The van der Waals surface area contributed by atoms with Gasteiger partial charge in [0.25, 0.3) is 0 Å². The van der Waals surface area contributed by atoms with Gasteiger partial charge in [-0.3, -0.25) is 0 Å². The largest absolute Gasteiger partial charge is 0.480 e. The highest BCUT2D eigenvalue weighted by molar-refractivity contribution is 7.99. The Morgan fingerprint density at radius 3 is 2.75 bits per heavy atom. The van der Waals surface area contributed by atoms with Crippen molar-refractivity contribution in [2.75, 3.05) is 17.8 Å². The quantitative estimate of drug-likeness (QED) is 0.639. The van der Waals surface area contributed by atoms with Crippen molar-refractivity contribution in [2.45, 2.75) is 49.9 Å². The molecule has 0 aromatic rings. The topological polar surface area (TPSA) is 78.4 Å². The van der Waals surface area contributed by atoms with Gasteiger partial charge in [-0.25, -0.2) is 9.59 Å². The SMILES string of the molecule is CCSC1CCCC1NC(=O)NC(CCSC)C(=O)O. The molecule has 0 saturated heterocycles. The number of amides is 2. The summed E-state index contributed by atoms with van der Waals surface area (Å²) < 4.78 is 0. The third-order valence-electron chi connectivity index (χ3n) is 3.36. The highest BCUT2D eigenvalue weighted by atomic mass is 32.2. The second-order valence-corrected chi connectivity index (χ2v) is 7.32. The summed E-state index contributed by atoms with van der Waals surface area (Å²) in [6, 6.07) is -0.997. The molecule has 0 bridgehead atoms. The number of carbonyl (C=O) groups excluding carboxylic acids is 1. The molecule has 7 heteroatoms. The number of rotatable bonds is 8. The van der Waals surface area contributed by atoms with E-state index in [1.807, 2.05) is 18.0 Å². The van der Waals surface area contributed by atoms with Gasteiger partial charge in [0, 0.05) is 11.3 Å². The molecule has 0 radical (unpaired) electrons. The molecule has 3 unspecified atom stereocenters. The van der Waals surface area contributed by atoms with Gasteiger partial charge in [-0.1, -0.05) is 13.3 Å². The van der Waals surface area contributed by atoms with Crippen molar-refractivity contribution in [3.63, 3.8) is 0 Å². The second-order valence-electron chi connectivity index (χ2n) is 4.82. The number of aliphatic carboxylic acids is 1. The van der Waals surface area contributed by atoms with Gasteiger partial charge in [-0.15, -0.1) is 0 Å². The van der Waals surface area contributed by atoms with Crippen molar-refractivity contribution < 1.29 is 14.7 Å². The van der Waals surface area contributed by atoms with Crippen molar-refractivity contribution in [2.24, 2.45) is 0 Å². The Morgan fingerprint density at radius 1 is 1.40 bits per heavy atom. The van der Waals surface area contributed by atoms with Gasteiger partial charge in [0.15, 0.2) is 0 Å².